The molecule has 80 valence electrons. The molecule has 0 aliphatic rings. The van der Waals surface area contributed by atoms with Crippen molar-refractivity contribution in [2.75, 3.05) is 0 Å². The lowest BCUT2D eigenvalue weighted by Gasteiger charge is -1.98. The quantitative estimate of drug-likeness (QED) is 0.443. The van der Waals surface area contributed by atoms with Gasteiger partial charge in [0, 0.05) is 0 Å². The number of hydrogen-bond donors (Lipinski definition) is 1. The van der Waals surface area contributed by atoms with Crippen LogP contribution in [0, 0.1) is 39.1 Å². The second-order valence-electron chi connectivity index (χ2n) is 2.71. The molecule has 0 heterocycles. The predicted molar refractivity (Wildman–Crippen MR) is 51.8 cm³/mol. The van der Waals surface area contributed by atoms with Gasteiger partial charge in [0.1, 0.15) is 5.82 Å². The number of nitro groups is 1. The second-order valence-corrected chi connectivity index (χ2v) is 2.71. The first-order chi connectivity index (χ1) is 7.56. The second kappa shape index (κ2) is 4.76. The summed E-state index contributed by atoms with van der Waals surface area (Å²) < 4.78 is 12.9. The minimum absolute atomic E-state index is 0.107. The highest BCUT2D eigenvalue weighted by atomic mass is 19.1. The van der Waals surface area contributed by atoms with Gasteiger partial charge in [-0.2, -0.15) is 5.26 Å². The lowest BCUT2D eigenvalue weighted by Crippen LogP contribution is -1.92. The average Bonchev–Trinajstić information content (AvgIpc) is 2.22. The molecule has 1 aromatic rings. The maximum atomic E-state index is 12.9. The molecule has 0 atom stereocenters. The zero-order chi connectivity index (χ0) is 12.1. The minimum atomic E-state index is -0.909. The summed E-state index contributed by atoms with van der Waals surface area (Å²) in [5, 5.41) is 28.0. The van der Waals surface area contributed by atoms with E-state index in [0.29, 0.717) is 6.07 Å². The molecule has 0 fully saturated rings. The molecule has 0 aromatic heterocycles. The smallest absolute Gasteiger partial charge is 0.314 e. The number of aromatic hydroxyl groups is 1. The maximum absolute atomic E-state index is 12.9. The monoisotopic (exact) mass is 220 g/mol. The molecular weight excluding hydrogens is 215 g/mol. The van der Waals surface area contributed by atoms with Gasteiger partial charge >= 0.3 is 5.69 Å². The highest BCUT2D eigenvalue weighted by Crippen LogP contribution is 2.30. The van der Waals surface area contributed by atoms with Crippen LogP contribution in [-0.2, 0) is 0 Å². The Hall–Kier alpha value is -2.60. The Balaban J connectivity index is 3.27. The summed E-state index contributed by atoms with van der Waals surface area (Å²) in [5.74, 6) is 3.04. The van der Waals surface area contributed by atoms with Gasteiger partial charge in [0.2, 0.25) is 5.75 Å². The van der Waals surface area contributed by atoms with E-state index in [1.165, 1.54) is 0 Å². The lowest BCUT2D eigenvalue weighted by atomic mass is 10.1. The molecule has 0 aliphatic heterocycles. The number of benzene rings is 1. The highest BCUT2D eigenvalue weighted by molar-refractivity contribution is 5.57. The van der Waals surface area contributed by atoms with E-state index in [1.807, 2.05) is 0 Å². The molecule has 5 nitrogen and oxygen atoms in total. The summed E-state index contributed by atoms with van der Waals surface area (Å²) in [5.41, 5.74) is -0.955. The molecule has 1 N–H and O–H groups in total. The number of nitriles is 1. The van der Waals surface area contributed by atoms with E-state index in [2.05, 4.69) is 11.8 Å². The van der Waals surface area contributed by atoms with Crippen LogP contribution >= 0.6 is 0 Å². The molecule has 0 aliphatic carbocycles. The Morgan fingerprint density at radius 1 is 1.56 bits per heavy atom. The largest absolute Gasteiger partial charge is 0.501 e. The zero-order valence-corrected chi connectivity index (χ0v) is 7.90. The van der Waals surface area contributed by atoms with Crippen LogP contribution in [0.5, 0.6) is 5.75 Å². The number of nitrogens with zero attached hydrogens (tertiary/aromatic N) is 2. The fourth-order valence-corrected chi connectivity index (χ4v) is 0.998. The molecule has 16 heavy (non-hydrogen) atoms. The Kier molecular flexibility index (Phi) is 3.41. The van der Waals surface area contributed by atoms with Crippen molar-refractivity contribution in [1.82, 2.24) is 0 Å². The van der Waals surface area contributed by atoms with Crippen LogP contribution in [-0.4, -0.2) is 10.0 Å². The topological polar surface area (TPSA) is 87.2 Å². The van der Waals surface area contributed by atoms with Gasteiger partial charge in [-0.25, -0.2) is 4.39 Å². The summed E-state index contributed by atoms with van der Waals surface area (Å²) in [6.07, 6.45) is -0.107. The van der Waals surface area contributed by atoms with Gasteiger partial charge in [0.05, 0.1) is 29.0 Å². The van der Waals surface area contributed by atoms with Gasteiger partial charge in [-0.1, -0.05) is 11.8 Å². The van der Waals surface area contributed by atoms with Crippen molar-refractivity contribution in [2.24, 2.45) is 0 Å². The normalized spacial score (nSPS) is 8.75. The number of rotatable bonds is 1. The van der Waals surface area contributed by atoms with Crippen molar-refractivity contribution in [3.05, 3.63) is 33.6 Å². The van der Waals surface area contributed by atoms with Crippen LogP contribution in [0.1, 0.15) is 12.0 Å². The number of phenols is 1. The first-order valence-corrected chi connectivity index (χ1v) is 4.09. The van der Waals surface area contributed by atoms with Crippen LogP contribution in [0.25, 0.3) is 0 Å². The van der Waals surface area contributed by atoms with Crippen molar-refractivity contribution >= 4 is 5.69 Å². The standard InChI is InChI=1S/C10H5FN2O3/c11-8-5-7(3-1-2-4-12)10(14)9(6-8)13(15)16/h5-6,14H,2H2. The summed E-state index contributed by atoms with van der Waals surface area (Å²) in [7, 11) is 0. The van der Waals surface area contributed by atoms with Gasteiger partial charge in [0.15, 0.2) is 0 Å². The zero-order valence-electron chi connectivity index (χ0n) is 7.90. The number of nitro benzene ring substituents is 1. The third-order valence-electron chi connectivity index (χ3n) is 1.64. The Labute approximate surface area is 89.9 Å². The first kappa shape index (κ1) is 11.5. The van der Waals surface area contributed by atoms with Gasteiger partial charge in [-0.3, -0.25) is 10.1 Å². The van der Waals surface area contributed by atoms with Crippen LogP contribution in [0.3, 0.4) is 0 Å². The number of halogens is 1. The SMILES string of the molecule is N#CCC#Cc1cc(F)cc([N+](=O)[O-])c1O. The van der Waals surface area contributed by atoms with Crippen molar-refractivity contribution in [3.63, 3.8) is 0 Å². The van der Waals surface area contributed by atoms with E-state index in [1.54, 1.807) is 6.07 Å². The Morgan fingerprint density at radius 3 is 2.81 bits per heavy atom. The molecular formula is C10H5FN2O3. The molecule has 1 rings (SSSR count). The van der Waals surface area contributed by atoms with Crippen molar-refractivity contribution < 1.29 is 14.4 Å². The number of phenolic OH excluding ortho intramolecular Hbond substituents is 1. The summed E-state index contributed by atoms with van der Waals surface area (Å²) in [6.45, 7) is 0. The van der Waals surface area contributed by atoms with E-state index in [-0.39, 0.29) is 12.0 Å². The molecule has 0 amide bonds. The molecule has 0 saturated heterocycles. The summed E-state index contributed by atoms with van der Waals surface area (Å²) in [4.78, 5) is 9.53. The fourth-order valence-electron chi connectivity index (χ4n) is 0.998. The molecule has 0 radical (unpaired) electrons. The molecule has 1 aromatic carbocycles. The number of hydrogen-bond acceptors (Lipinski definition) is 4. The van der Waals surface area contributed by atoms with Crippen LogP contribution in [0.15, 0.2) is 12.1 Å². The van der Waals surface area contributed by atoms with Crippen LogP contribution in [0.2, 0.25) is 0 Å². The van der Waals surface area contributed by atoms with Gasteiger partial charge in [0.25, 0.3) is 0 Å². The van der Waals surface area contributed by atoms with Crippen molar-refractivity contribution in [2.45, 2.75) is 6.42 Å². The van der Waals surface area contributed by atoms with Gasteiger partial charge in [-0.05, 0) is 6.07 Å². The average molecular weight is 220 g/mol. The van der Waals surface area contributed by atoms with Gasteiger partial charge < -0.3 is 5.11 Å². The van der Waals surface area contributed by atoms with E-state index in [9.17, 15) is 19.6 Å². The Morgan fingerprint density at radius 2 is 2.25 bits per heavy atom. The molecule has 0 saturated carbocycles. The van der Waals surface area contributed by atoms with Crippen LogP contribution in [0.4, 0.5) is 10.1 Å². The molecule has 0 spiro atoms. The van der Waals surface area contributed by atoms with Crippen molar-refractivity contribution in [1.29, 1.82) is 5.26 Å². The first-order valence-electron chi connectivity index (χ1n) is 4.09. The van der Waals surface area contributed by atoms with E-state index >= 15 is 0 Å². The molecule has 6 heteroatoms. The van der Waals surface area contributed by atoms with Crippen LogP contribution < -0.4 is 0 Å². The Bertz CT molecular complexity index is 537. The van der Waals surface area contributed by atoms with Gasteiger partial charge in [-0.15, -0.1) is 0 Å². The summed E-state index contributed by atoms with van der Waals surface area (Å²) in [6, 6.07) is 3.20. The van der Waals surface area contributed by atoms with E-state index in [4.69, 9.17) is 5.26 Å². The summed E-state index contributed by atoms with van der Waals surface area (Å²) >= 11 is 0. The van der Waals surface area contributed by atoms with Crippen molar-refractivity contribution in [3.8, 4) is 23.7 Å². The third-order valence-corrected chi connectivity index (χ3v) is 1.64. The minimum Gasteiger partial charge on any atom is -0.501 e. The maximum Gasteiger partial charge on any atom is 0.314 e. The van der Waals surface area contributed by atoms with E-state index in [0.717, 1.165) is 6.07 Å². The third kappa shape index (κ3) is 2.46. The van der Waals surface area contributed by atoms with E-state index < -0.39 is 22.2 Å². The molecule has 0 unspecified atom stereocenters. The lowest BCUT2D eigenvalue weighted by molar-refractivity contribution is -0.386. The molecule has 0 bridgehead atoms. The highest BCUT2D eigenvalue weighted by Gasteiger charge is 2.18. The predicted octanol–water partition coefficient (Wildman–Crippen LogP) is 1.70. The fraction of sp³-hybridized carbons (Fsp3) is 0.100.